The van der Waals surface area contributed by atoms with Crippen LogP contribution in [0.5, 0.6) is 0 Å². The zero-order chi connectivity index (χ0) is 19.0. The number of imide groups is 1. The van der Waals surface area contributed by atoms with Crippen molar-refractivity contribution in [2.24, 2.45) is 0 Å². The number of halogens is 1. The van der Waals surface area contributed by atoms with Gasteiger partial charge in [0.25, 0.3) is 11.8 Å². The Bertz CT molecular complexity index is 910. The Hall–Kier alpha value is -2.74. The number of rotatable bonds is 3. The third-order valence-corrected chi connectivity index (χ3v) is 5.33. The molecule has 0 unspecified atom stereocenters. The van der Waals surface area contributed by atoms with Crippen LogP contribution in [0.4, 0.5) is 5.82 Å². The minimum Gasteiger partial charge on any atom is -0.353 e. The summed E-state index contributed by atoms with van der Waals surface area (Å²) in [5.74, 6) is -0.167. The molecule has 0 aliphatic carbocycles. The lowest BCUT2D eigenvalue weighted by Gasteiger charge is -2.35. The van der Waals surface area contributed by atoms with Gasteiger partial charge in [-0.1, -0.05) is 22.0 Å². The van der Waals surface area contributed by atoms with E-state index in [4.69, 9.17) is 0 Å². The number of benzene rings is 1. The number of hydrogen-bond donors (Lipinski definition) is 0. The van der Waals surface area contributed by atoms with Crippen molar-refractivity contribution in [2.45, 2.75) is 0 Å². The summed E-state index contributed by atoms with van der Waals surface area (Å²) >= 11 is 3.30. The molecule has 2 aliphatic heterocycles. The van der Waals surface area contributed by atoms with Crippen LogP contribution in [0.1, 0.15) is 20.7 Å². The molecule has 1 fully saturated rings. The highest BCUT2D eigenvalue weighted by Crippen LogP contribution is 2.26. The molecule has 7 nitrogen and oxygen atoms in total. The van der Waals surface area contributed by atoms with Crippen molar-refractivity contribution in [3.63, 3.8) is 0 Å². The van der Waals surface area contributed by atoms with Crippen LogP contribution >= 0.6 is 15.9 Å². The maximum absolute atomic E-state index is 12.6. The molecule has 0 saturated carbocycles. The number of piperazine rings is 1. The van der Waals surface area contributed by atoms with E-state index in [0.717, 1.165) is 15.2 Å². The van der Waals surface area contributed by atoms with Crippen molar-refractivity contribution in [3.05, 3.63) is 58.2 Å². The number of nitrogens with zero attached hydrogens (tertiary/aromatic N) is 4. The molecule has 4 rings (SSSR count). The van der Waals surface area contributed by atoms with Gasteiger partial charge in [-0.25, -0.2) is 4.98 Å². The summed E-state index contributed by atoms with van der Waals surface area (Å²) in [5.41, 5.74) is 0.679. The quantitative estimate of drug-likeness (QED) is 0.696. The van der Waals surface area contributed by atoms with Crippen LogP contribution in [0.15, 0.2) is 47.1 Å². The van der Waals surface area contributed by atoms with Gasteiger partial charge in [-0.2, -0.15) is 0 Å². The molecule has 3 amide bonds. The van der Waals surface area contributed by atoms with E-state index in [9.17, 15) is 14.4 Å². The predicted molar refractivity (Wildman–Crippen MR) is 103 cm³/mol. The molecule has 0 radical (unpaired) electrons. The Kier molecular flexibility index (Phi) is 4.65. The van der Waals surface area contributed by atoms with Gasteiger partial charge in [0.2, 0.25) is 5.91 Å². The summed E-state index contributed by atoms with van der Waals surface area (Å²) in [6, 6.07) is 10.7. The van der Waals surface area contributed by atoms with Gasteiger partial charge < -0.3 is 9.80 Å². The van der Waals surface area contributed by atoms with Crippen molar-refractivity contribution in [2.75, 3.05) is 37.6 Å². The number of pyridine rings is 1. The SMILES string of the molecule is O=C(CN1C(=O)c2ccc(Br)cc2C1=O)N1CCN(c2ccccn2)CC1. The van der Waals surface area contributed by atoms with E-state index in [1.54, 1.807) is 29.3 Å². The number of amides is 3. The van der Waals surface area contributed by atoms with E-state index in [2.05, 4.69) is 25.8 Å². The minimum atomic E-state index is -0.420. The van der Waals surface area contributed by atoms with Crippen LogP contribution < -0.4 is 4.90 Å². The second kappa shape index (κ2) is 7.11. The number of carbonyl (C=O) groups excluding carboxylic acids is 3. The smallest absolute Gasteiger partial charge is 0.262 e. The Morgan fingerprint density at radius 1 is 1.00 bits per heavy atom. The summed E-state index contributed by atoms with van der Waals surface area (Å²) in [6.45, 7) is 2.16. The van der Waals surface area contributed by atoms with E-state index in [-0.39, 0.29) is 12.5 Å². The van der Waals surface area contributed by atoms with Crippen LogP contribution in [0, 0.1) is 0 Å². The van der Waals surface area contributed by atoms with Gasteiger partial charge in [0, 0.05) is 36.8 Å². The fourth-order valence-electron chi connectivity index (χ4n) is 3.37. The monoisotopic (exact) mass is 428 g/mol. The van der Waals surface area contributed by atoms with E-state index in [1.807, 2.05) is 18.2 Å². The molecule has 1 aromatic heterocycles. The molecule has 0 bridgehead atoms. The van der Waals surface area contributed by atoms with Gasteiger partial charge in [0.1, 0.15) is 12.4 Å². The number of anilines is 1. The lowest BCUT2D eigenvalue weighted by Crippen LogP contribution is -2.52. The predicted octanol–water partition coefficient (Wildman–Crippen LogP) is 1.79. The highest BCUT2D eigenvalue weighted by molar-refractivity contribution is 9.10. The van der Waals surface area contributed by atoms with E-state index in [1.165, 1.54) is 0 Å². The Labute approximate surface area is 164 Å². The third-order valence-electron chi connectivity index (χ3n) is 4.83. The summed E-state index contributed by atoms with van der Waals surface area (Å²) in [6.07, 6.45) is 1.74. The Morgan fingerprint density at radius 3 is 2.44 bits per heavy atom. The standard InChI is InChI=1S/C19H17BrN4O3/c20-13-4-5-14-15(11-13)19(27)24(18(14)26)12-17(25)23-9-7-22(8-10-23)16-3-1-2-6-21-16/h1-6,11H,7-10,12H2. The van der Waals surface area contributed by atoms with Crippen molar-refractivity contribution in [3.8, 4) is 0 Å². The van der Waals surface area contributed by atoms with E-state index < -0.39 is 11.8 Å². The summed E-state index contributed by atoms with van der Waals surface area (Å²) in [7, 11) is 0. The Morgan fingerprint density at radius 2 is 1.74 bits per heavy atom. The van der Waals surface area contributed by atoms with Gasteiger partial charge in [-0.05, 0) is 30.3 Å². The maximum atomic E-state index is 12.6. The van der Waals surface area contributed by atoms with Crippen LogP contribution in [0.3, 0.4) is 0 Å². The molecule has 1 saturated heterocycles. The highest BCUT2D eigenvalue weighted by atomic mass is 79.9. The van der Waals surface area contributed by atoms with Gasteiger partial charge in [-0.3, -0.25) is 19.3 Å². The molecule has 0 atom stereocenters. The summed E-state index contributed by atoms with van der Waals surface area (Å²) in [4.78, 5) is 46.8. The zero-order valence-electron chi connectivity index (χ0n) is 14.5. The van der Waals surface area contributed by atoms with Gasteiger partial charge in [-0.15, -0.1) is 0 Å². The zero-order valence-corrected chi connectivity index (χ0v) is 16.1. The van der Waals surface area contributed by atoms with Crippen LogP contribution in [0.2, 0.25) is 0 Å². The first-order valence-electron chi connectivity index (χ1n) is 8.64. The Balaban J connectivity index is 1.39. The number of aromatic nitrogens is 1. The van der Waals surface area contributed by atoms with Crippen LogP contribution in [-0.4, -0.2) is 65.2 Å². The summed E-state index contributed by atoms with van der Waals surface area (Å²) in [5, 5.41) is 0. The lowest BCUT2D eigenvalue weighted by atomic mass is 10.1. The van der Waals surface area contributed by atoms with Crippen LogP contribution in [0.25, 0.3) is 0 Å². The largest absolute Gasteiger partial charge is 0.353 e. The molecule has 2 aromatic rings. The molecule has 0 spiro atoms. The average Bonchev–Trinajstić information content (AvgIpc) is 2.93. The van der Waals surface area contributed by atoms with E-state index in [0.29, 0.717) is 37.3 Å². The molecule has 3 heterocycles. The number of fused-ring (bicyclic) bond motifs is 1. The fraction of sp³-hybridized carbons (Fsp3) is 0.263. The maximum Gasteiger partial charge on any atom is 0.262 e. The second-order valence-corrected chi connectivity index (χ2v) is 7.36. The molecule has 2 aliphatic rings. The molecule has 27 heavy (non-hydrogen) atoms. The van der Waals surface area contributed by atoms with Gasteiger partial charge in [0.15, 0.2) is 0 Å². The fourth-order valence-corrected chi connectivity index (χ4v) is 3.73. The molecule has 1 aromatic carbocycles. The second-order valence-electron chi connectivity index (χ2n) is 6.44. The number of carbonyl (C=O) groups is 3. The third kappa shape index (κ3) is 3.32. The average molecular weight is 429 g/mol. The highest BCUT2D eigenvalue weighted by Gasteiger charge is 2.37. The van der Waals surface area contributed by atoms with Crippen molar-refractivity contribution in [1.82, 2.24) is 14.8 Å². The van der Waals surface area contributed by atoms with Gasteiger partial charge >= 0.3 is 0 Å². The normalized spacial score (nSPS) is 16.7. The first kappa shape index (κ1) is 17.7. The van der Waals surface area contributed by atoms with Crippen molar-refractivity contribution >= 4 is 39.5 Å². The molecule has 8 heteroatoms. The molecular weight excluding hydrogens is 412 g/mol. The van der Waals surface area contributed by atoms with Crippen LogP contribution in [-0.2, 0) is 4.79 Å². The first-order valence-corrected chi connectivity index (χ1v) is 9.43. The molecule has 0 N–H and O–H groups in total. The lowest BCUT2D eigenvalue weighted by molar-refractivity contribution is -0.131. The number of hydrogen-bond acceptors (Lipinski definition) is 5. The van der Waals surface area contributed by atoms with Crippen molar-refractivity contribution in [1.29, 1.82) is 0 Å². The molecular formula is C19H17BrN4O3. The van der Waals surface area contributed by atoms with Gasteiger partial charge in [0.05, 0.1) is 11.1 Å². The summed E-state index contributed by atoms with van der Waals surface area (Å²) < 4.78 is 0.723. The first-order chi connectivity index (χ1) is 13.0. The minimum absolute atomic E-state index is 0.218. The molecule has 138 valence electrons. The topological polar surface area (TPSA) is 73.8 Å². The van der Waals surface area contributed by atoms with Crippen molar-refractivity contribution < 1.29 is 14.4 Å². The van der Waals surface area contributed by atoms with E-state index >= 15 is 0 Å².